The van der Waals surface area contributed by atoms with Gasteiger partial charge in [-0.1, -0.05) is 25.4 Å². The van der Waals surface area contributed by atoms with Crippen LogP contribution < -0.4 is 14.2 Å². The molecule has 0 aromatic heterocycles. The normalized spacial score (nSPS) is 14.4. The molecule has 0 saturated heterocycles. The lowest BCUT2D eigenvalue weighted by Gasteiger charge is -2.18. The van der Waals surface area contributed by atoms with Gasteiger partial charge in [0, 0.05) is 23.4 Å². The Bertz CT molecular complexity index is 858. The Morgan fingerprint density at radius 2 is 1.96 bits per heavy atom. The van der Waals surface area contributed by atoms with E-state index in [-0.39, 0.29) is 11.6 Å². The van der Waals surface area contributed by atoms with Gasteiger partial charge in [0.05, 0.1) is 0 Å². The summed E-state index contributed by atoms with van der Waals surface area (Å²) in [6.07, 6.45) is 1.92. The Kier molecular flexibility index (Phi) is 5.66. The molecule has 2 aromatic carbocycles. The molecule has 0 fully saturated rings. The van der Waals surface area contributed by atoms with E-state index in [4.69, 9.17) is 25.8 Å². The third-order valence-electron chi connectivity index (χ3n) is 4.52. The van der Waals surface area contributed by atoms with Gasteiger partial charge in [-0.15, -0.1) is 0 Å². The summed E-state index contributed by atoms with van der Waals surface area (Å²) < 4.78 is 17.5. The molecule has 0 N–H and O–H groups in total. The molecule has 4 nitrogen and oxygen atoms in total. The third-order valence-corrected chi connectivity index (χ3v) is 4.74. The molecule has 0 aliphatic carbocycles. The third kappa shape index (κ3) is 4.56. The molecule has 144 valence electrons. The molecule has 0 saturated carbocycles. The lowest BCUT2D eigenvalue weighted by atomic mass is 10.0. The minimum absolute atomic E-state index is 0.234. The highest BCUT2D eigenvalue weighted by molar-refractivity contribution is 6.30. The minimum Gasteiger partial charge on any atom is -0.489 e. The molecule has 0 spiro atoms. The van der Waals surface area contributed by atoms with E-state index in [1.807, 2.05) is 31.2 Å². The van der Waals surface area contributed by atoms with E-state index in [9.17, 15) is 4.79 Å². The quantitative estimate of drug-likeness (QED) is 0.483. The summed E-state index contributed by atoms with van der Waals surface area (Å²) >= 11 is 6.27. The topological polar surface area (TPSA) is 44.8 Å². The molecule has 1 heterocycles. The van der Waals surface area contributed by atoms with Crippen LogP contribution in [0.2, 0.25) is 5.02 Å². The zero-order chi connectivity index (χ0) is 19.6. The Morgan fingerprint density at radius 3 is 2.67 bits per heavy atom. The van der Waals surface area contributed by atoms with Crippen molar-refractivity contribution < 1.29 is 19.0 Å². The first kappa shape index (κ1) is 19.6. The monoisotopic (exact) mass is 388 g/mol. The maximum Gasteiger partial charge on any atom is 0.310 e. The van der Waals surface area contributed by atoms with Gasteiger partial charge in [-0.25, -0.2) is 0 Å². The van der Waals surface area contributed by atoms with Crippen molar-refractivity contribution in [2.75, 3.05) is 0 Å². The molecule has 0 amide bonds. The Morgan fingerprint density at radius 1 is 1.19 bits per heavy atom. The van der Waals surface area contributed by atoms with Gasteiger partial charge in [0.15, 0.2) is 0 Å². The van der Waals surface area contributed by atoms with Crippen LogP contribution in [0.15, 0.2) is 30.3 Å². The fourth-order valence-electron chi connectivity index (χ4n) is 3.23. The van der Waals surface area contributed by atoms with Gasteiger partial charge < -0.3 is 14.2 Å². The van der Waals surface area contributed by atoms with Crippen LogP contribution in [0.4, 0.5) is 0 Å². The first-order chi connectivity index (χ1) is 12.8. The van der Waals surface area contributed by atoms with E-state index < -0.39 is 0 Å². The first-order valence-electron chi connectivity index (χ1n) is 9.28. The van der Waals surface area contributed by atoms with Crippen LogP contribution in [0.3, 0.4) is 0 Å². The molecule has 0 unspecified atom stereocenters. The summed E-state index contributed by atoms with van der Waals surface area (Å²) in [7, 11) is 0. The van der Waals surface area contributed by atoms with Gasteiger partial charge in [0.2, 0.25) is 0 Å². The molecule has 0 atom stereocenters. The molecule has 2 aromatic rings. The Hall–Kier alpha value is -2.20. The van der Waals surface area contributed by atoms with Crippen molar-refractivity contribution in [1.29, 1.82) is 0 Å². The zero-order valence-corrected chi connectivity index (χ0v) is 17.0. The van der Waals surface area contributed by atoms with Crippen molar-refractivity contribution in [3.8, 4) is 17.2 Å². The van der Waals surface area contributed by atoms with Crippen LogP contribution in [0.5, 0.6) is 17.2 Å². The molecule has 27 heavy (non-hydrogen) atoms. The van der Waals surface area contributed by atoms with Crippen molar-refractivity contribution in [2.45, 2.75) is 59.2 Å². The van der Waals surface area contributed by atoms with Gasteiger partial charge in [-0.2, -0.15) is 0 Å². The van der Waals surface area contributed by atoms with E-state index in [0.717, 1.165) is 35.3 Å². The average Bonchev–Trinajstić information content (AvgIpc) is 2.94. The van der Waals surface area contributed by atoms with Gasteiger partial charge in [0.25, 0.3) is 0 Å². The van der Waals surface area contributed by atoms with Crippen LogP contribution in [0.1, 0.15) is 50.8 Å². The van der Waals surface area contributed by atoms with E-state index in [1.165, 1.54) is 0 Å². The van der Waals surface area contributed by atoms with Crippen LogP contribution in [0, 0.1) is 0 Å². The van der Waals surface area contributed by atoms with Gasteiger partial charge >= 0.3 is 5.97 Å². The number of aryl methyl sites for hydroxylation is 1. The maximum absolute atomic E-state index is 11.6. The molecule has 0 bridgehead atoms. The molecular formula is C22H25ClO4. The largest absolute Gasteiger partial charge is 0.489 e. The predicted molar refractivity (Wildman–Crippen MR) is 106 cm³/mol. The van der Waals surface area contributed by atoms with Crippen LogP contribution >= 0.6 is 11.6 Å². The van der Waals surface area contributed by atoms with Crippen molar-refractivity contribution in [1.82, 2.24) is 0 Å². The number of esters is 1. The number of carbonyl (C=O) groups excluding carboxylic acids is 1. The lowest BCUT2D eigenvalue weighted by molar-refractivity contribution is -0.134. The van der Waals surface area contributed by atoms with Crippen molar-refractivity contribution in [3.05, 3.63) is 52.0 Å². The van der Waals surface area contributed by atoms with Gasteiger partial charge in [-0.3, -0.25) is 4.79 Å². The molecule has 0 radical (unpaired) electrons. The van der Waals surface area contributed by atoms with Crippen molar-refractivity contribution in [2.24, 2.45) is 0 Å². The molecule has 1 aliphatic rings. The first-order valence-corrected chi connectivity index (χ1v) is 9.66. The van der Waals surface area contributed by atoms with E-state index in [2.05, 4.69) is 13.8 Å². The zero-order valence-electron chi connectivity index (χ0n) is 16.2. The number of hydrogen-bond acceptors (Lipinski definition) is 4. The number of benzene rings is 2. The number of carbonyl (C=O) groups is 1. The lowest BCUT2D eigenvalue weighted by Crippen LogP contribution is -2.25. The number of halogens is 1. The summed E-state index contributed by atoms with van der Waals surface area (Å²) in [4.78, 5) is 11.6. The number of fused-ring (bicyclic) bond motifs is 1. The number of rotatable bonds is 6. The average molecular weight is 389 g/mol. The highest BCUT2D eigenvalue weighted by Gasteiger charge is 2.32. The fourth-order valence-corrected chi connectivity index (χ4v) is 3.49. The SMILES string of the molecule is CCC(=O)Oc1ccc(OCc2cc(Cl)cc3c2OC(C)(C)C3)cc1CC. The predicted octanol–water partition coefficient (Wildman–Crippen LogP) is 5.51. The Labute approximate surface area is 165 Å². The molecule has 1 aliphatic heterocycles. The van der Waals surface area contributed by atoms with E-state index >= 15 is 0 Å². The van der Waals surface area contributed by atoms with Gasteiger partial charge in [0.1, 0.15) is 29.5 Å². The van der Waals surface area contributed by atoms with Gasteiger partial charge in [-0.05, 0) is 61.7 Å². The second-order valence-electron chi connectivity index (χ2n) is 7.33. The molecule has 5 heteroatoms. The minimum atomic E-state index is -0.243. The molecule has 3 rings (SSSR count). The Balaban J connectivity index is 1.77. The molecular weight excluding hydrogens is 364 g/mol. The van der Waals surface area contributed by atoms with E-state index in [1.54, 1.807) is 13.0 Å². The van der Waals surface area contributed by atoms with Crippen molar-refractivity contribution in [3.63, 3.8) is 0 Å². The standard InChI is InChI=1S/C22H25ClO4/c1-5-14-11-18(7-8-19(14)26-20(24)6-2)25-13-16-10-17(23)9-15-12-22(3,4)27-21(15)16/h7-11H,5-6,12-13H2,1-4H3. The van der Waals surface area contributed by atoms with Crippen LogP contribution in [-0.4, -0.2) is 11.6 Å². The summed E-state index contributed by atoms with van der Waals surface area (Å²) in [5.74, 6) is 1.93. The highest BCUT2D eigenvalue weighted by Crippen LogP contribution is 2.40. The summed E-state index contributed by atoms with van der Waals surface area (Å²) in [6, 6.07) is 9.35. The fraction of sp³-hybridized carbons (Fsp3) is 0.409. The smallest absolute Gasteiger partial charge is 0.310 e. The second-order valence-corrected chi connectivity index (χ2v) is 7.77. The highest BCUT2D eigenvalue weighted by atomic mass is 35.5. The number of ether oxygens (including phenoxy) is 3. The summed E-state index contributed by atoms with van der Waals surface area (Å²) in [6.45, 7) is 8.28. The second kappa shape index (κ2) is 7.81. The van der Waals surface area contributed by atoms with E-state index in [0.29, 0.717) is 29.5 Å². The van der Waals surface area contributed by atoms with Crippen LogP contribution in [-0.2, 0) is 24.2 Å². The summed E-state index contributed by atoms with van der Waals surface area (Å²) in [5.41, 5.74) is 2.75. The maximum atomic E-state index is 11.6. The summed E-state index contributed by atoms with van der Waals surface area (Å²) in [5, 5.41) is 0.685. The van der Waals surface area contributed by atoms with Crippen molar-refractivity contribution >= 4 is 17.6 Å². The van der Waals surface area contributed by atoms with Crippen LogP contribution in [0.25, 0.3) is 0 Å². The number of hydrogen-bond donors (Lipinski definition) is 0.